The van der Waals surface area contributed by atoms with E-state index >= 15 is 0 Å². The van der Waals surface area contributed by atoms with E-state index in [9.17, 15) is 5.26 Å². The van der Waals surface area contributed by atoms with Crippen LogP contribution in [0.15, 0.2) is 54.6 Å². The summed E-state index contributed by atoms with van der Waals surface area (Å²) in [5, 5.41) is 9.36. The third-order valence-electron chi connectivity index (χ3n) is 3.99. The second-order valence-electron chi connectivity index (χ2n) is 5.20. The highest BCUT2D eigenvalue weighted by molar-refractivity contribution is 5.33. The molecule has 1 aliphatic rings. The van der Waals surface area contributed by atoms with E-state index in [0.717, 1.165) is 23.3 Å². The van der Waals surface area contributed by atoms with E-state index in [0.29, 0.717) is 0 Å². The molecule has 0 spiro atoms. The van der Waals surface area contributed by atoms with Crippen LogP contribution in [-0.4, -0.2) is 13.2 Å². The number of ether oxygens (including phenoxy) is 2. The molecule has 3 rings (SSSR count). The Bertz CT molecular complexity index is 631. The first kappa shape index (κ1) is 13.7. The highest BCUT2D eigenvalue weighted by Gasteiger charge is 2.36. The standard InChI is InChI=1S/C18H17NO2/c1-20-15-9-7-13(8-10-15)16-11-17(21-18(16)12-19)14-5-3-2-4-6-14/h2-10,16-18H,11H2,1H3/t16-,17-,18?/m0/s1. The predicted octanol–water partition coefficient (Wildman–Crippen LogP) is 3.83. The smallest absolute Gasteiger partial charge is 0.151 e. The minimum atomic E-state index is -0.399. The molecule has 21 heavy (non-hydrogen) atoms. The summed E-state index contributed by atoms with van der Waals surface area (Å²) in [6.45, 7) is 0. The molecule has 1 saturated heterocycles. The van der Waals surface area contributed by atoms with Crippen LogP contribution in [-0.2, 0) is 4.74 Å². The minimum Gasteiger partial charge on any atom is -0.497 e. The molecule has 3 atom stereocenters. The van der Waals surface area contributed by atoms with Gasteiger partial charge >= 0.3 is 0 Å². The fourth-order valence-corrected chi connectivity index (χ4v) is 2.85. The number of nitrogens with zero attached hydrogens (tertiary/aromatic N) is 1. The summed E-state index contributed by atoms with van der Waals surface area (Å²) in [6, 6.07) is 20.3. The normalized spacial score (nSPS) is 24.5. The molecule has 0 bridgehead atoms. The average Bonchev–Trinajstić information content (AvgIpc) is 3.00. The molecule has 0 aliphatic carbocycles. The monoisotopic (exact) mass is 279 g/mol. The fourth-order valence-electron chi connectivity index (χ4n) is 2.85. The van der Waals surface area contributed by atoms with Gasteiger partial charge < -0.3 is 9.47 Å². The Kier molecular flexibility index (Phi) is 3.89. The van der Waals surface area contributed by atoms with Crippen molar-refractivity contribution in [1.29, 1.82) is 5.26 Å². The van der Waals surface area contributed by atoms with Crippen LogP contribution in [0.1, 0.15) is 29.6 Å². The molecule has 3 nitrogen and oxygen atoms in total. The third kappa shape index (κ3) is 2.76. The van der Waals surface area contributed by atoms with Gasteiger partial charge in [0.05, 0.1) is 19.3 Å². The van der Waals surface area contributed by atoms with Crippen molar-refractivity contribution in [2.45, 2.75) is 24.5 Å². The second-order valence-corrected chi connectivity index (χ2v) is 5.20. The average molecular weight is 279 g/mol. The second kappa shape index (κ2) is 5.99. The summed E-state index contributed by atoms with van der Waals surface area (Å²) in [5.74, 6) is 0.928. The molecule has 1 unspecified atom stereocenters. The maximum Gasteiger partial charge on any atom is 0.151 e. The van der Waals surface area contributed by atoms with Crippen LogP contribution in [0.4, 0.5) is 0 Å². The Labute approximate surface area is 124 Å². The van der Waals surface area contributed by atoms with E-state index in [2.05, 4.69) is 18.2 Å². The number of nitriles is 1. The first-order valence-electron chi connectivity index (χ1n) is 7.06. The zero-order chi connectivity index (χ0) is 14.7. The van der Waals surface area contributed by atoms with E-state index in [1.165, 1.54) is 0 Å². The predicted molar refractivity (Wildman–Crippen MR) is 80.0 cm³/mol. The van der Waals surface area contributed by atoms with Crippen molar-refractivity contribution in [2.24, 2.45) is 0 Å². The van der Waals surface area contributed by atoms with Gasteiger partial charge in [0, 0.05) is 5.92 Å². The SMILES string of the molecule is COc1ccc([C@@H]2C[C@@H](c3ccccc3)OC2C#N)cc1. The molecule has 0 aromatic heterocycles. The van der Waals surface area contributed by atoms with Crippen molar-refractivity contribution in [3.8, 4) is 11.8 Å². The van der Waals surface area contributed by atoms with Crippen LogP contribution in [0.5, 0.6) is 5.75 Å². The van der Waals surface area contributed by atoms with Gasteiger partial charge in [-0.3, -0.25) is 0 Å². The van der Waals surface area contributed by atoms with Gasteiger partial charge in [-0.1, -0.05) is 42.5 Å². The molecule has 2 aromatic rings. The summed E-state index contributed by atoms with van der Waals surface area (Å²) >= 11 is 0. The van der Waals surface area contributed by atoms with Crippen LogP contribution >= 0.6 is 0 Å². The van der Waals surface area contributed by atoms with Crippen LogP contribution in [0, 0.1) is 11.3 Å². The highest BCUT2D eigenvalue weighted by Crippen LogP contribution is 2.42. The maximum absolute atomic E-state index is 9.36. The van der Waals surface area contributed by atoms with Gasteiger partial charge in [0.25, 0.3) is 0 Å². The van der Waals surface area contributed by atoms with E-state index in [1.54, 1.807) is 7.11 Å². The molecule has 0 amide bonds. The summed E-state index contributed by atoms with van der Waals surface area (Å²) in [6.07, 6.45) is 0.417. The summed E-state index contributed by atoms with van der Waals surface area (Å²) < 4.78 is 11.1. The van der Waals surface area contributed by atoms with E-state index in [4.69, 9.17) is 9.47 Å². The summed E-state index contributed by atoms with van der Waals surface area (Å²) in [7, 11) is 1.65. The van der Waals surface area contributed by atoms with Gasteiger partial charge in [0.15, 0.2) is 6.10 Å². The van der Waals surface area contributed by atoms with Crippen molar-refractivity contribution in [3.63, 3.8) is 0 Å². The molecular formula is C18H17NO2. The lowest BCUT2D eigenvalue weighted by Crippen LogP contribution is -2.11. The minimum absolute atomic E-state index is 0.0112. The van der Waals surface area contributed by atoms with Crippen molar-refractivity contribution in [2.75, 3.05) is 7.11 Å². The molecule has 0 radical (unpaired) electrons. The van der Waals surface area contributed by atoms with Crippen LogP contribution < -0.4 is 4.74 Å². The van der Waals surface area contributed by atoms with E-state index < -0.39 is 6.10 Å². The van der Waals surface area contributed by atoms with Crippen molar-refractivity contribution >= 4 is 0 Å². The van der Waals surface area contributed by atoms with Gasteiger partial charge in [-0.25, -0.2) is 0 Å². The zero-order valence-electron chi connectivity index (χ0n) is 11.9. The first-order chi connectivity index (χ1) is 10.3. The Balaban J connectivity index is 1.83. The molecule has 0 saturated carbocycles. The number of hydrogen-bond donors (Lipinski definition) is 0. The lowest BCUT2D eigenvalue weighted by Gasteiger charge is -2.12. The molecule has 106 valence electrons. The molecule has 0 N–H and O–H groups in total. The fraction of sp³-hybridized carbons (Fsp3) is 0.278. The number of methoxy groups -OCH3 is 1. The number of rotatable bonds is 3. The van der Waals surface area contributed by atoms with Gasteiger partial charge in [-0.05, 0) is 29.7 Å². The summed E-state index contributed by atoms with van der Waals surface area (Å²) in [4.78, 5) is 0. The van der Waals surface area contributed by atoms with Crippen LogP contribution in [0.2, 0.25) is 0 Å². The highest BCUT2D eigenvalue weighted by atomic mass is 16.5. The van der Waals surface area contributed by atoms with Gasteiger partial charge in [0.2, 0.25) is 0 Å². The van der Waals surface area contributed by atoms with E-state index in [-0.39, 0.29) is 12.0 Å². The molecular weight excluding hydrogens is 262 g/mol. The van der Waals surface area contributed by atoms with Crippen LogP contribution in [0.3, 0.4) is 0 Å². The van der Waals surface area contributed by atoms with Gasteiger partial charge in [0.1, 0.15) is 5.75 Å². The molecule has 3 heteroatoms. The van der Waals surface area contributed by atoms with Crippen LogP contribution in [0.25, 0.3) is 0 Å². The molecule has 1 fully saturated rings. The first-order valence-corrected chi connectivity index (χ1v) is 7.06. The zero-order valence-corrected chi connectivity index (χ0v) is 11.9. The van der Waals surface area contributed by atoms with Crippen molar-refractivity contribution in [1.82, 2.24) is 0 Å². The Morgan fingerprint density at radius 1 is 1.05 bits per heavy atom. The van der Waals surface area contributed by atoms with E-state index in [1.807, 2.05) is 42.5 Å². The summed E-state index contributed by atoms with van der Waals surface area (Å²) in [5.41, 5.74) is 2.26. The largest absolute Gasteiger partial charge is 0.497 e. The quantitative estimate of drug-likeness (QED) is 0.857. The van der Waals surface area contributed by atoms with Gasteiger partial charge in [-0.15, -0.1) is 0 Å². The molecule has 2 aromatic carbocycles. The lowest BCUT2D eigenvalue weighted by atomic mass is 9.90. The number of hydrogen-bond acceptors (Lipinski definition) is 3. The number of benzene rings is 2. The lowest BCUT2D eigenvalue weighted by molar-refractivity contribution is 0.0721. The van der Waals surface area contributed by atoms with Crippen molar-refractivity contribution in [3.05, 3.63) is 65.7 Å². The van der Waals surface area contributed by atoms with Gasteiger partial charge in [-0.2, -0.15) is 5.26 Å². The Hall–Kier alpha value is -2.31. The molecule has 1 aliphatic heterocycles. The topological polar surface area (TPSA) is 42.2 Å². The molecule has 1 heterocycles. The third-order valence-corrected chi connectivity index (χ3v) is 3.99. The van der Waals surface area contributed by atoms with Crippen molar-refractivity contribution < 1.29 is 9.47 Å². The Morgan fingerprint density at radius 3 is 2.38 bits per heavy atom. The maximum atomic E-state index is 9.36. The Morgan fingerprint density at radius 2 is 1.76 bits per heavy atom.